The Hall–Kier alpha value is -1.77. The van der Waals surface area contributed by atoms with Crippen LogP contribution < -0.4 is 0 Å². The summed E-state index contributed by atoms with van der Waals surface area (Å²) in [5.41, 5.74) is 0.430. The average molecular weight is 222 g/mol. The number of hydrogen-bond acceptors (Lipinski definition) is 0. The van der Waals surface area contributed by atoms with Gasteiger partial charge >= 0.3 is 0 Å². The third kappa shape index (κ3) is 1.81. The second-order valence-corrected chi connectivity index (χ2v) is 3.56. The largest absolute Gasteiger partial charge is 0.207 e. The maximum absolute atomic E-state index is 13.7. The first kappa shape index (κ1) is 10.7. The predicted octanol–water partition coefficient (Wildman–Crippen LogP) is 4.08. The molecular formula is C13H9F3. The van der Waals surface area contributed by atoms with Crippen LogP contribution in [0.1, 0.15) is 5.56 Å². The molecule has 82 valence electrons. The minimum absolute atomic E-state index is 0.0544. The number of halogens is 3. The Morgan fingerprint density at radius 3 is 2.38 bits per heavy atom. The fourth-order valence-corrected chi connectivity index (χ4v) is 1.56. The van der Waals surface area contributed by atoms with Crippen molar-refractivity contribution in [3.05, 3.63) is 59.4 Å². The Kier molecular flexibility index (Phi) is 2.69. The van der Waals surface area contributed by atoms with E-state index in [4.69, 9.17) is 0 Å². The van der Waals surface area contributed by atoms with Gasteiger partial charge in [-0.25, -0.2) is 13.2 Å². The van der Waals surface area contributed by atoms with Crippen LogP contribution in [0.25, 0.3) is 11.1 Å². The molecule has 0 nitrogen and oxygen atoms in total. The molecule has 0 aromatic heterocycles. The lowest BCUT2D eigenvalue weighted by atomic mass is 10.0. The molecule has 0 saturated heterocycles. The van der Waals surface area contributed by atoms with Crippen molar-refractivity contribution in [1.29, 1.82) is 0 Å². The quantitative estimate of drug-likeness (QED) is 0.682. The molecule has 0 fully saturated rings. The maximum Gasteiger partial charge on any atom is 0.134 e. The Morgan fingerprint density at radius 1 is 0.875 bits per heavy atom. The summed E-state index contributed by atoms with van der Waals surface area (Å²) < 4.78 is 40.1. The van der Waals surface area contributed by atoms with E-state index in [0.29, 0.717) is 5.56 Å². The first-order chi connectivity index (χ1) is 7.59. The van der Waals surface area contributed by atoms with Gasteiger partial charge in [0.15, 0.2) is 0 Å². The van der Waals surface area contributed by atoms with Gasteiger partial charge in [0.2, 0.25) is 0 Å². The molecule has 0 saturated carbocycles. The van der Waals surface area contributed by atoms with Gasteiger partial charge in [-0.1, -0.05) is 18.2 Å². The van der Waals surface area contributed by atoms with Gasteiger partial charge in [-0.15, -0.1) is 0 Å². The summed E-state index contributed by atoms with van der Waals surface area (Å²) >= 11 is 0. The molecule has 0 N–H and O–H groups in total. The van der Waals surface area contributed by atoms with Gasteiger partial charge in [0, 0.05) is 11.1 Å². The SMILES string of the molecule is Cc1cccc(-c2cc(F)ccc2F)c1F. The van der Waals surface area contributed by atoms with E-state index in [1.54, 1.807) is 19.1 Å². The van der Waals surface area contributed by atoms with E-state index in [9.17, 15) is 13.2 Å². The molecule has 0 atom stereocenters. The van der Waals surface area contributed by atoms with Crippen LogP contribution in [0, 0.1) is 24.4 Å². The molecule has 0 amide bonds. The van der Waals surface area contributed by atoms with Gasteiger partial charge in [0.1, 0.15) is 17.5 Å². The summed E-state index contributed by atoms with van der Waals surface area (Å²) in [4.78, 5) is 0. The number of hydrogen-bond donors (Lipinski definition) is 0. The lowest BCUT2D eigenvalue weighted by Gasteiger charge is -2.06. The molecule has 0 aliphatic carbocycles. The zero-order chi connectivity index (χ0) is 11.7. The molecule has 0 unspecified atom stereocenters. The Bertz CT molecular complexity index is 533. The predicted molar refractivity (Wildman–Crippen MR) is 56.5 cm³/mol. The summed E-state index contributed by atoms with van der Waals surface area (Å²) in [7, 11) is 0. The van der Waals surface area contributed by atoms with E-state index < -0.39 is 17.5 Å². The molecule has 0 aliphatic rings. The van der Waals surface area contributed by atoms with Crippen molar-refractivity contribution < 1.29 is 13.2 Å². The second kappa shape index (κ2) is 4.00. The fourth-order valence-electron chi connectivity index (χ4n) is 1.56. The van der Waals surface area contributed by atoms with Crippen molar-refractivity contribution in [2.75, 3.05) is 0 Å². The van der Waals surface area contributed by atoms with Crippen LogP contribution in [0.15, 0.2) is 36.4 Å². The van der Waals surface area contributed by atoms with E-state index in [2.05, 4.69) is 0 Å². The van der Waals surface area contributed by atoms with Crippen LogP contribution in [0.5, 0.6) is 0 Å². The standard InChI is InChI=1S/C13H9F3/c1-8-3-2-4-10(13(8)16)11-7-9(14)5-6-12(11)15/h2-7H,1H3. The second-order valence-electron chi connectivity index (χ2n) is 3.56. The zero-order valence-corrected chi connectivity index (χ0v) is 8.60. The Balaban J connectivity index is 2.67. The van der Waals surface area contributed by atoms with E-state index in [0.717, 1.165) is 18.2 Å². The van der Waals surface area contributed by atoms with Crippen LogP contribution in [0.4, 0.5) is 13.2 Å². The van der Waals surface area contributed by atoms with Gasteiger partial charge in [-0.05, 0) is 30.7 Å². The van der Waals surface area contributed by atoms with Crippen molar-refractivity contribution in [2.45, 2.75) is 6.92 Å². The summed E-state index contributed by atoms with van der Waals surface area (Å²) in [6.45, 7) is 1.58. The molecule has 0 aliphatic heterocycles. The van der Waals surface area contributed by atoms with Crippen LogP contribution >= 0.6 is 0 Å². The molecule has 2 aromatic rings. The van der Waals surface area contributed by atoms with Gasteiger partial charge in [-0.3, -0.25) is 0 Å². The van der Waals surface area contributed by atoms with Gasteiger partial charge in [-0.2, -0.15) is 0 Å². The lowest BCUT2D eigenvalue weighted by Crippen LogP contribution is -1.92. The van der Waals surface area contributed by atoms with Crippen LogP contribution in [-0.2, 0) is 0 Å². The first-order valence-corrected chi connectivity index (χ1v) is 4.80. The average Bonchev–Trinajstić information content (AvgIpc) is 2.26. The smallest absolute Gasteiger partial charge is 0.134 e. The molecular weight excluding hydrogens is 213 g/mol. The first-order valence-electron chi connectivity index (χ1n) is 4.80. The summed E-state index contributed by atoms with van der Waals surface area (Å²) in [6.07, 6.45) is 0. The number of aryl methyl sites for hydroxylation is 1. The zero-order valence-electron chi connectivity index (χ0n) is 8.60. The maximum atomic E-state index is 13.7. The number of benzene rings is 2. The van der Waals surface area contributed by atoms with Crippen molar-refractivity contribution >= 4 is 0 Å². The highest BCUT2D eigenvalue weighted by molar-refractivity contribution is 5.65. The molecule has 3 heteroatoms. The highest BCUT2D eigenvalue weighted by Crippen LogP contribution is 2.27. The Morgan fingerprint density at radius 2 is 1.62 bits per heavy atom. The molecule has 0 bridgehead atoms. The third-order valence-electron chi connectivity index (χ3n) is 2.41. The van der Waals surface area contributed by atoms with Crippen molar-refractivity contribution in [3.63, 3.8) is 0 Å². The third-order valence-corrected chi connectivity index (χ3v) is 2.41. The van der Waals surface area contributed by atoms with Crippen molar-refractivity contribution in [1.82, 2.24) is 0 Å². The molecule has 0 spiro atoms. The molecule has 16 heavy (non-hydrogen) atoms. The summed E-state index contributed by atoms with van der Waals surface area (Å²) in [5, 5.41) is 0. The highest BCUT2D eigenvalue weighted by Gasteiger charge is 2.12. The van der Waals surface area contributed by atoms with Crippen LogP contribution in [0.2, 0.25) is 0 Å². The molecule has 0 radical (unpaired) electrons. The minimum Gasteiger partial charge on any atom is -0.207 e. The van der Waals surface area contributed by atoms with E-state index >= 15 is 0 Å². The van der Waals surface area contributed by atoms with Crippen LogP contribution in [-0.4, -0.2) is 0 Å². The topological polar surface area (TPSA) is 0 Å². The highest BCUT2D eigenvalue weighted by atomic mass is 19.1. The fraction of sp³-hybridized carbons (Fsp3) is 0.0769. The lowest BCUT2D eigenvalue weighted by molar-refractivity contribution is 0.596. The van der Waals surface area contributed by atoms with Crippen molar-refractivity contribution in [3.8, 4) is 11.1 Å². The van der Waals surface area contributed by atoms with E-state index in [1.807, 2.05) is 0 Å². The normalized spacial score (nSPS) is 10.5. The van der Waals surface area contributed by atoms with E-state index in [-0.39, 0.29) is 11.1 Å². The molecule has 2 aromatic carbocycles. The summed E-state index contributed by atoms with van der Waals surface area (Å²) in [6, 6.07) is 7.61. The monoisotopic (exact) mass is 222 g/mol. The Labute approximate surface area is 91.4 Å². The summed E-state index contributed by atoms with van der Waals surface area (Å²) in [5.74, 6) is -1.74. The molecule has 2 rings (SSSR count). The van der Waals surface area contributed by atoms with Crippen LogP contribution in [0.3, 0.4) is 0 Å². The van der Waals surface area contributed by atoms with Gasteiger partial charge in [0.05, 0.1) is 0 Å². The van der Waals surface area contributed by atoms with Gasteiger partial charge in [0.25, 0.3) is 0 Å². The van der Waals surface area contributed by atoms with Crippen molar-refractivity contribution in [2.24, 2.45) is 0 Å². The molecule has 0 heterocycles. The number of rotatable bonds is 1. The minimum atomic E-state index is -0.633. The van der Waals surface area contributed by atoms with E-state index in [1.165, 1.54) is 6.07 Å². The van der Waals surface area contributed by atoms with Gasteiger partial charge < -0.3 is 0 Å².